The highest BCUT2D eigenvalue weighted by molar-refractivity contribution is 7.80. The molecule has 8 nitrogen and oxygen atoms in total. The van der Waals surface area contributed by atoms with Crippen LogP contribution in [0.15, 0.2) is 48.5 Å². The first-order valence-electron chi connectivity index (χ1n) is 12.6. The van der Waals surface area contributed by atoms with Crippen LogP contribution in [0.1, 0.15) is 51.6 Å². The molecule has 1 amide bonds. The first-order chi connectivity index (χ1) is 17.5. The molecule has 3 atom stereocenters. The second-order valence-corrected chi connectivity index (χ2v) is 9.34. The number of thiol groups is 1. The first kappa shape index (κ1) is 27.5. The molecule has 9 heteroatoms. The zero-order chi connectivity index (χ0) is 25.9. The van der Waals surface area contributed by atoms with Crippen LogP contribution in [0.25, 0.3) is 22.5 Å². The number of nitrogens with one attached hydrogen (secondary N) is 3. The van der Waals surface area contributed by atoms with Gasteiger partial charge >= 0.3 is 0 Å². The molecule has 2 aromatic carbocycles. The Labute approximate surface area is 218 Å². The maximum atomic E-state index is 12.9. The van der Waals surface area contributed by atoms with Crippen molar-refractivity contribution in [1.82, 2.24) is 31.3 Å². The van der Waals surface area contributed by atoms with Crippen LogP contribution in [0, 0.1) is 11.8 Å². The van der Waals surface area contributed by atoms with E-state index in [1.165, 1.54) is 0 Å². The number of nitrogens with zero attached hydrogens (tertiary/aromatic N) is 3. The summed E-state index contributed by atoms with van der Waals surface area (Å²) in [6.45, 7) is 7.09. The van der Waals surface area contributed by atoms with Crippen molar-refractivity contribution < 1.29 is 9.59 Å². The predicted octanol–water partition coefficient (Wildman–Crippen LogP) is 4.24. The molecule has 0 aliphatic rings. The fourth-order valence-electron chi connectivity index (χ4n) is 4.21. The van der Waals surface area contributed by atoms with Crippen LogP contribution in [0.3, 0.4) is 0 Å². The van der Waals surface area contributed by atoms with Gasteiger partial charge < -0.3 is 10.6 Å². The highest BCUT2D eigenvalue weighted by Crippen LogP contribution is 2.30. The number of aromatic amines is 1. The summed E-state index contributed by atoms with van der Waals surface area (Å²) in [6, 6.07) is 15.4. The van der Waals surface area contributed by atoms with Gasteiger partial charge in [-0.2, -0.15) is 17.8 Å². The van der Waals surface area contributed by atoms with Crippen LogP contribution in [0.4, 0.5) is 0 Å². The topological polar surface area (TPSA) is 113 Å². The van der Waals surface area contributed by atoms with Crippen LogP contribution >= 0.6 is 12.6 Å². The maximum Gasteiger partial charge on any atom is 0.224 e. The first-order valence-corrected chi connectivity index (χ1v) is 13.2. The molecule has 3 rings (SSSR count). The molecule has 3 unspecified atom stereocenters. The third-order valence-corrected chi connectivity index (χ3v) is 6.92. The van der Waals surface area contributed by atoms with E-state index in [0.29, 0.717) is 31.1 Å². The van der Waals surface area contributed by atoms with E-state index in [2.05, 4.69) is 57.7 Å². The molecule has 0 saturated carbocycles. The molecule has 3 N–H and O–H groups in total. The van der Waals surface area contributed by atoms with E-state index in [4.69, 9.17) is 0 Å². The molecule has 0 saturated heterocycles. The molecule has 1 aromatic heterocycles. The van der Waals surface area contributed by atoms with Crippen LogP contribution < -0.4 is 10.6 Å². The Kier molecular flexibility index (Phi) is 10.6. The van der Waals surface area contributed by atoms with Crippen LogP contribution in [0.5, 0.6) is 0 Å². The molecule has 36 heavy (non-hydrogen) atoms. The van der Waals surface area contributed by atoms with E-state index in [1.54, 1.807) is 0 Å². The second kappa shape index (κ2) is 13.9. The lowest BCUT2D eigenvalue weighted by molar-refractivity contribution is -0.125. The number of aromatic nitrogens is 4. The Bertz CT molecular complexity index is 1100. The number of amides is 1. The summed E-state index contributed by atoms with van der Waals surface area (Å²) >= 11 is 4.35. The highest BCUT2D eigenvalue weighted by Gasteiger charge is 2.23. The molecule has 0 aliphatic heterocycles. The molecule has 0 aliphatic carbocycles. The Morgan fingerprint density at radius 3 is 2.36 bits per heavy atom. The summed E-state index contributed by atoms with van der Waals surface area (Å²) in [4.78, 5) is 25.5. The number of carbonyl (C=O) groups is 2. The number of H-pyrrole nitrogens is 1. The van der Waals surface area contributed by atoms with Crippen molar-refractivity contribution >= 4 is 24.3 Å². The van der Waals surface area contributed by atoms with Crippen molar-refractivity contribution in [3.05, 3.63) is 54.1 Å². The minimum absolute atomic E-state index is 0.0159. The molecular formula is C27H36N6O2S. The zero-order valence-corrected chi connectivity index (χ0v) is 22.1. The van der Waals surface area contributed by atoms with Gasteiger partial charge in [0.15, 0.2) is 5.78 Å². The van der Waals surface area contributed by atoms with Crippen molar-refractivity contribution in [2.24, 2.45) is 11.8 Å². The highest BCUT2D eigenvalue weighted by atomic mass is 32.1. The Balaban J connectivity index is 1.70. The van der Waals surface area contributed by atoms with E-state index in [0.717, 1.165) is 35.1 Å². The van der Waals surface area contributed by atoms with E-state index >= 15 is 0 Å². The quantitative estimate of drug-likeness (QED) is 0.191. The summed E-state index contributed by atoms with van der Waals surface area (Å²) in [6.07, 6.45) is 2.20. The average Bonchev–Trinajstić information content (AvgIpc) is 3.44. The number of rotatable bonds is 14. The van der Waals surface area contributed by atoms with Gasteiger partial charge in [0.2, 0.25) is 11.7 Å². The minimum Gasteiger partial charge on any atom is -0.355 e. The molecule has 0 spiro atoms. The van der Waals surface area contributed by atoms with E-state index in [1.807, 2.05) is 55.5 Å². The summed E-state index contributed by atoms with van der Waals surface area (Å²) in [5.41, 5.74) is 3.75. The van der Waals surface area contributed by atoms with Gasteiger partial charge in [-0.15, -0.1) is 10.2 Å². The number of tetrazole rings is 1. The van der Waals surface area contributed by atoms with Gasteiger partial charge in [0.05, 0.1) is 6.04 Å². The summed E-state index contributed by atoms with van der Waals surface area (Å²) < 4.78 is 0. The second-order valence-electron chi connectivity index (χ2n) is 8.97. The van der Waals surface area contributed by atoms with E-state index in [-0.39, 0.29) is 23.5 Å². The van der Waals surface area contributed by atoms with Gasteiger partial charge in [0.25, 0.3) is 0 Å². The van der Waals surface area contributed by atoms with Gasteiger partial charge in [-0.1, -0.05) is 75.7 Å². The number of ketones is 1. The molecule has 0 radical (unpaired) electrons. The lowest BCUT2D eigenvalue weighted by Gasteiger charge is -2.22. The molecule has 192 valence electrons. The molecule has 0 bridgehead atoms. The van der Waals surface area contributed by atoms with E-state index < -0.39 is 6.04 Å². The largest absolute Gasteiger partial charge is 0.355 e. The molecule has 0 fully saturated rings. The number of Topliss-reactive ketones (excluding diaryl/α,β-unsaturated/α-hetero) is 1. The van der Waals surface area contributed by atoms with Crippen molar-refractivity contribution in [3.63, 3.8) is 0 Å². The lowest BCUT2D eigenvalue weighted by Crippen LogP contribution is -2.40. The third-order valence-electron chi connectivity index (χ3n) is 6.52. The van der Waals surface area contributed by atoms with Gasteiger partial charge in [0, 0.05) is 36.7 Å². The molecule has 3 aromatic rings. The minimum atomic E-state index is -0.432. The van der Waals surface area contributed by atoms with Gasteiger partial charge in [0.1, 0.15) is 0 Å². The average molecular weight is 509 g/mol. The van der Waals surface area contributed by atoms with Crippen LogP contribution in [-0.2, 0) is 9.59 Å². The summed E-state index contributed by atoms with van der Waals surface area (Å²) in [7, 11) is 0. The van der Waals surface area contributed by atoms with Crippen LogP contribution in [0.2, 0.25) is 0 Å². The number of carbonyl (C=O) groups excluding carboxylic acids is 2. The number of hydrogen-bond acceptors (Lipinski definition) is 7. The molecular weight excluding hydrogens is 472 g/mol. The third kappa shape index (κ3) is 7.01. The van der Waals surface area contributed by atoms with Crippen LogP contribution in [-0.4, -0.2) is 51.2 Å². The molecule has 1 heterocycles. The SMILES string of the molecule is CCCC(=O)C(NCCNC(=O)C(CS)C(C)CC)c1ccc(-c2ccccc2-c2nn[nH]n2)cc1. The fourth-order valence-corrected chi connectivity index (χ4v) is 4.73. The van der Waals surface area contributed by atoms with Gasteiger partial charge in [-0.25, -0.2) is 0 Å². The Morgan fingerprint density at radius 1 is 1.03 bits per heavy atom. The van der Waals surface area contributed by atoms with Crippen molar-refractivity contribution in [2.75, 3.05) is 18.8 Å². The maximum absolute atomic E-state index is 12.9. The predicted molar refractivity (Wildman–Crippen MR) is 146 cm³/mol. The van der Waals surface area contributed by atoms with E-state index in [9.17, 15) is 9.59 Å². The normalized spacial score (nSPS) is 13.7. The number of benzene rings is 2. The van der Waals surface area contributed by atoms with Gasteiger partial charge in [-0.05, 0) is 34.2 Å². The fraction of sp³-hybridized carbons (Fsp3) is 0.444. The summed E-state index contributed by atoms with van der Waals surface area (Å²) in [5, 5.41) is 20.7. The van der Waals surface area contributed by atoms with Gasteiger partial charge in [-0.3, -0.25) is 9.59 Å². The smallest absolute Gasteiger partial charge is 0.224 e. The lowest BCUT2D eigenvalue weighted by atomic mass is 9.92. The Hall–Kier alpha value is -3.04. The summed E-state index contributed by atoms with van der Waals surface area (Å²) in [5.74, 6) is 1.37. The van der Waals surface area contributed by atoms with Crippen molar-refractivity contribution in [2.45, 2.75) is 46.1 Å². The monoisotopic (exact) mass is 508 g/mol. The van der Waals surface area contributed by atoms with Crippen molar-refractivity contribution in [3.8, 4) is 22.5 Å². The van der Waals surface area contributed by atoms with Crippen molar-refractivity contribution in [1.29, 1.82) is 0 Å². The standard InChI is InChI=1S/C27H36N6O2S/c1-4-8-24(34)25(28-15-16-29-27(35)23(17-36)18(3)5-2)20-13-11-19(12-14-20)21-9-6-7-10-22(21)26-30-32-33-31-26/h6-7,9-14,18,23,25,28,36H,4-5,8,15-17H2,1-3H3,(H,29,35)(H,30,31,32,33). The number of hydrogen-bond donors (Lipinski definition) is 4. The zero-order valence-electron chi connectivity index (χ0n) is 21.2. The Morgan fingerprint density at radius 2 is 1.75 bits per heavy atom.